The van der Waals surface area contributed by atoms with Crippen molar-refractivity contribution in [2.45, 2.75) is 47.1 Å². The van der Waals surface area contributed by atoms with E-state index >= 15 is 0 Å². The number of nitrogens with zero attached hydrogens (tertiary/aromatic N) is 4. The molecule has 0 saturated carbocycles. The number of ether oxygens (including phenoxy) is 1. The van der Waals surface area contributed by atoms with Crippen molar-refractivity contribution in [3.05, 3.63) is 47.7 Å². The lowest BCUT2D eigenvalue weighted by Gasteiger charge is -2.24. The largest absolute Gasteiger partial charge is 0.493 e. The summed E-state index contributed by atoms with van der Waals surface area (Å²) in [6, 6.07) is 5.77. The highest BCUT2D eigenvalue weighted by Gasteiger charge is 2.26. The van der Waals surface area contributed by atoms with E-state index in [1.54, 1.807) is 0 Å². The molecule has 0 spiro atoms. The van der Waals surface area contributed by atoms with Crippen LogP contribution in [0.4, 0.5) is 5.69 Å². The monoisotopic (exact) mass is 460 g/mol. The molecule has 0 radical (unpaired) electrons. The Bertz CT molecular complexity index is 949. The summed E-state index contributed by atoms with van der Waals surface area (Å²) >= 11 is -1.71. The molecule has 2 aliphatic heterocycles. The van der Waals surface area contributed by atoms with Crippen LogP contribution in [0.2, 0.25) is 0 Å². The van der Waals surface area contributed by atoms with Crippen LogP contribution >= 0.6 is 0 Å². The second kappa shape index (κ2) is 11.3. The smallest absolute Gasteiger partial charge is 0.269 e. The first-order valence-electron chi connectivity index (χ1n) is 10.7. The van der Waals surface area contributed by atoms with Gasteiger partial charge in [0, 0.05) is 31.8 Å². The van der Waals surface area contributed by atoms with Gasteiger partial charge in [-0.25, -0.2) is 10.1 Å². The minimum absolute atomic E-state index is 0.172. The number of amidine groups is 2. The third-order valence-electron chi connectivity index (χ3n) is 4.65. The zero-order valence-electron chi connectivity index (χ0n) is 20.2. The van der Waals surface area contributed by atoms with Crippen LogP contribution in [0.25, 0.3) is 5.70 Å². The van der Waals surface area contributed by atoms with E-state index in [4.69, 9.17) is 10.6 Å². The van der Waals surface area contributed by atoms with E-state index in [0.717, 1.165) is 40.6 Å². The van der Waals surface area contributed by atoms with Crippen molar-refractivity contribution in [1.29, 1.82) is 0 Å². The third-order valence-corrected chi connectivity index (χ3v) is 5.32. The first-order valence-corrected chi connectivity index (χ1v) is 11.8. The molecule has 1 aromatic rings. The molecule has 0 saturated heterocycles. The minimum atomic E-state index is -1.71. The fourth-order valence-corrected chi connectivity index (χ4v) is 3.68. The maximum absolute atomic E-state index is 11.9. The Morgan fingerprint density at radius 2 is 2.00 bits per heavy atom. The number of benzene rings is 1. The predicted molar refractivity (Wildman–Crippen MR) is 135 cm³/mol. The number of hydrazine groups is 1. The first kappa shape index (κ1) is 25.6. The molecule has 1 aromatic carbocycles. The molecule has 176 valence electrons. The lowest BCUT2D eigenvalue weighted by atomic mass is 10.0. The summed E-state index contributed by atoms with van der Waals surface area (Å²) in [4.78, 5) is 1.94. The Kier molecular flexibility index (Phi) is 9.03. The van der Waals surface area contributed by atoms with Crippen LogP contribution in [0.15, 0.2) is 45.4 Å². The van der Waals surface area contributed by atoms with Crippen LogP contribution < -0.4 is 16.2 Å². The van der Waals surface area contributed by atoms with Gasteiger partial charge in [-0.2, -0.15) is 0 Å². The Balaban J connectivity index is 0.000000837. The Morgan fingerprint density at radius 1 is 1.34 bits per heavy atom. The van der Waals surface area contributed by atoms with Gasteiger partial charge in [-0.15, -0.1) is 8.80 Å². The molecule has 2 atom stereocenters. The Morgan fingerprint density at radius 3 is 2.56 bits per heavy atom. The van der Waals surface area contributed by atoms with Crippen LogP contribution in [0.1, 0.15) is 45.2 Å². The second-order valence-electron chi connectivity index (χ2n) is 8.67. The van der Waals surface area contributed by atoms with Gasteiger partial charge in [-0.1, -0.05) is 39.5 Å². The number of rotatable bonds is 5. The van der Waals surface area contributed by atoms with Crippen LogP contribution in [-0.2, 0) is 15.9 Å². The Labute approximate surface area is 194 Å². The first-order chi connectivity index (χ1) is 15.0. The molecule has 0 amide bonds. The van der Waals surface area contributed by atoms with E-state index in [9.17, 15) is 4.21 Å². The zero-order valence-corrected chi connectivity index (χ0v) is 21.0. The molecule has 0 aromatic heterocycles. The molecule has 2 heterocycles. The zero-order chi connectivity index (χ0) is 24.0. The van der Waals surface area contributed by atoms with Gasteiger partial charge in [0.25, 0.3) is 11.2 Å². The van der Waals surface area contributed by atoms with E-state index in [-0.39, 0.29) is 6.10 Å². The fourth-order valence-electron chi connectivity index (χ4n) is 3.01. The van der Waals surface area contributed by atoms with Crippen molar-refractivity contribution in [1.82, 2.24) is 10.2 Å². The lowest BCUT2D eigenvalue weighted by Crippen LogP contribution is -2.46. The highest BCUT2D eigenvalue weighted by Crippen LogP contribution is 2.27. The van der Waals surface area contributed by atoms with Gasteiger partial charge in [0.15, 0.2) is 5.84 Å². The molecule has 2 aliphatic rings. The van der Waals surface area contributed by atoms with Crippen LogP contribution in [0, 0.1) is 12.8 Å². The molecule has 0 fully saturated rings. The van der Waals surface area contributed by atoms with Crippen molar-refractivity contribution in [3.8, 4) is 0 Å². The summed E-state index contributed by atoms with van der Waals surface area (Å²) in [6.45, 7) is 15.0. The fraction of sp³-hybridized carbons (Fsp3) is 0.478. The maximum atomic E-state index is 11.9. The van der Waals surface area contributed by atoms with Crippen LogP contribution in [0.5, 0.6) is 0 Å². The molecule has 8 nitrogen and oxygen atoms in total. The molecular weight excluding hydrogens is 424 g/mol. The Hall–Kier alpha value is -2.65. The van der Waals surface area contributed by atoms with Gasteiger partial charge in [-0.3, -0.25) is 5.01 Å². The van der Waals surface area contributed by atoms with E-state index in [1.165, 1.54) is 5.01 Å². The van der Waals surface area contributed by atoms with E-state index < -0.39 is 11.2 Å². The topological polar surface area (TPSA) is 95.5 Å². The third kappa shape index (κ3) is 6.67. The molecule has 0 aliphatic carbocycles. The van der Waals surface area contributed by atoms with Crippen LogP contribution in [-0.4, -0.2) is 47.5 Å². The normalized spacial score (nSPS) is 19.3. The summed E-state index contributed by atoms with van der Waals surface area (Å²) in [5.74, 6) is 8.72. The SMILES string of the molecule is C=C(c1cccc(N(N)C2=NS(=O)N=C2NCC2=CCC(C)O2)c1C)N(C)C.CC(C)C. The summed E-state index contributed by atoms with van der Waals surface area (Å²) in [6.07, 6.45) is 3.08. The molecule has 0 bridgehead atoms. The summed E-state index contributed by atoms with van der Waals surface area (Å²) in [7, 11) is 3.88. The number of nitrogens with two attached hydrogens (primary N) is 1. The van der Waals surface area contributed by atoms with E-state index in [0.29, 0.717) is 18.2 Å². The van der Waals surface area contributed by atoms with Crippen molar-refractivity contribution in [3.63, 3.8) is 0 Å². The lowest BCUT2D eigenvalue weighted by molar-refractivity contribution is 0.157. The maximum Gasteiger partial charge on any atom is 0.269 e. The number of nitrogens with one attached hydrogen (secondary N) is 1. The van der Waals surface area contributed by atoms with Gasteiger partial charge < -0.3 is 15.0 Å². The minimum Gasteiger partial charge on any atom is -0.493 e. The quantitative estimate of drug-likeness (QED) is 0.515. The molecule has 32 heavy (non-hydrogen) atoms. The molecule has 9 heteroatoms. The highest BCUT2D eigenvalue weighted by atomic mass is 32.2. The predicted octanol–water partition coefficient (Wildman–Crippen LogP) is 3.54. The highest BCUT2D eigenvalue weighted by molar-refractivity contribution is 7.83. The van der Waals surface area contributed by atoms with Gasteiger partial charge in [0.2, 0.25) is 5.84 Å². The van der Waals surface area contributed by atoms with E-state index in [2.05, 4.69) is 41.5 Å². The molecule has 2 unspecified atom stereocenters. The van der Waals surface area contributed by atoms with Gasteiger partial charge in [-0.05, 0) is 37.5 Å². The van der Waals surface area contributed by atoms with Gasteiger partial charge in [0.1, 0.15) is 5.76 Å². The molecular formula is C23H36N6O2S. The summed E-state index contributed by atoms with van der Waals surface area (Å²) < 4.78 is 25.8. The molecule has 3 rings (SSSR count). The average Bonchev–Trinajstić information content (AvgIpc) is 3.30. The van der Waals surface area contributed by atoms with Crippen molar-refractivity contribution >= 4 is 34.2 Å². The number of anilines is 1. The standard InChI is InChI=1S/C19H26N6O2S.C4H10/c1-12-9-10-15(27-12)11-21-18-19(23-28(26)22-18)25(20)17-8-6-7-16(13(17)2)14(3)24(4)5;1-4(2)3/h6-8,10,12H,3,9,11,20H2,1-2,4-5H3,(H,21,22);4H,1-3H3. The average molecular weight is 461 g/mol. The molecule has 3 N–H and O–H groups in total. The van der Waals surface area contributed by atoms with Gasteiger partial charge in [0.05, 0.1) is 18.3 Å². The van der Waals surface area contributed by atoms with Gasteiger partial charge >= 0.3 is 0 Å². The number of hydrogen-bond acceptors (Lipinski definition) is 6. The van der Waals surface area contributed by atoms with E-state index in [1.807, 2.05) is 57.1 Å². The van der Waals surface area contributed by atoms with Crippen molar-refractivity contribution in [2.24, 2.45) is 20.6 Å². The number of hydrogen-bond donors (Lipinski definition) is 2. The summed E-state index contributed by atoms with van der Waals surface area (Å²) in [5, 5.41) is 4.54. The van der Waals surface area contributed by atoms with Crippen molar-refractivity contribution < 1.29 is 8.95 Å². The second-order valence-corrected chi connectivity index (χ2v) is 9.49. The summed E-state index contributed by atoms with van der Waals surface area (Å²) in [5.41, 5.74) is 3.52. The van der Waals surface area contributed by atoms with Crippen LogP contribution in [0.3, 0.4) is 0 Å². The van der Waals surface area contributed by atoms with Crippen molar-refractivity contribution in [2.75, 3.05) is 25.6 Å².